The molecule has 1 aromatic carbocycles. The fraction of sp³-hybridized carbons (Fsp3) is 0.478. The van der Waals surface area contributed by atoms with E-state index in [-0.39, 0.29) is 42.0 Å². The Morgan fingerprint density at radius 1 is 1.30 bits per heavy atom. The molecule has 0 radical (unpaired) electrons. The van der Waals surface area contributed by atoms with Gasteiger partial charge in [-0.2, -0.15) is 4.98 Å². The summed E-state index contributed by atoms with van der Waals surface area (Å²) in [4.78, 5) is 5.96. The Balaban J connectivity index is 1.36. The Morgan fingerprint density at radius 3 is 2.81 bits per heavy atom. The fourth-order valence-corrected chi connectivity index (χ4v) is 4.83. The number of anilines is 1. The number of alkyl halides is 3. The van der Waals surface area contributed by atoms with Crippen molar-refractivity contribution in [2.45, 2.75) is 37.6 Å². The van der Waals surface area contributed by atoms with Crippen molar-refractivity contribution in [3.63, 3.8) is 0 Å². The van der Waals surface area contributed by atoms with Gasteiger partial charge in [0.25, 0.3) is 5.92 Å². The first-order valence-corrected chi connectivity index (χ1v) is 11.8. The maximum atomic E-state index is 15.3. The summed E-state index contributed by atoms with van der Waals surface area (Å²) in [5.41, 5.74) is 1.88. The van der Waals surface area contributed by atoms with E-state index in [1.54, 1.807) is 23.1 Å². The lowest BCUT2D eigenvalue weighted by Gasteiger charge is -2.34. The van der Waals surface area contributed by atoms with Crippen LogP contribution in [-0.4, -0.2) is 92.1 Å². The summed E-state index contributed by atoms with van der Waals surface area (Å²) in [6.45, 7) is 1.97. The summed E-state index contributed by atoms with van der Waals surface area (Å²) >= 11 is 0. The first-order chi connectivity index (χ1) is 17.7. The highest BCUT2D eigenvalue weighted by atomic mass is 19.3. The maximum Gasteiger partial charge on any atom is 0.281 e. The van der Waals surface area contributed by atoms with Gasteiger partial charge in [-0.05, 0) is 24.6 Å². The highest BCUT2D eigenvalue weighted by Gasteiger charge is 2.51. The van der Waals surface area contributed by atoms with Crippen LogP contribution in [0.2, 0.25) is 0 Å². The largest absolute Gasteiger partial charge is 0.479 e. The molecule has 0 amide bonds. The van der Waals surface area contributed by atoms with E-state index in [1.165, 1.54) is 23.2 Å². The minimum absolute atomic E-state index is 0.00257. The van der Waals surface area contributed by atoms with Gasteiger partial charge in [0, 0.05) is 6.54 Å². The fourth-order valence-electron chi connectivity index (χ4n) is 4.83. The zero-order valence-electron chi connectivity index (χ0n) is 20.0. The minimum atomic E-state index is -3.02. The van der Waals surface area contributed by atoms with Crippen molar-refractivity contribution in [1.82, 2.24) is 34.5 Å². The third-order valence-electron chi connectivity index (χ3n) is 6.75. The zero-order chi connectivity index (χ0) is 25.9. The topological polar surface area (TPSA) is 94.6 Å². The van der Waals surface area contributed by atoms with Gasteiger partial charge in [0.2, 0.25) is 11.8 Å². The quantitative estimate of drug-likeness (QED) is 0.372. The van der Waals surface area contributed by atoms with Gasteiger partial charge in [-0.3, -0.25) is 4.90 Å². The minimum Gasteiger partial charge on any atom is -0.479 e. The Morgan fingerprint density at radius 2 is 2.11 bits per heavy atom. The molecule has 1 N–H and O–H groups in total. The van der Waals surface area contributed by atoms with E-state index in [1.807, 2.05) is 0 Å². The monoisotopic (exact) mass is 520 g/mol. The second-order valence-corrected chi connectivity index (χ2v) is 9.42. The lowest BCUT2D eigenvalue weighted by Crippen LogP contribution is -2.48. The second-order valence-electron chi connectivity index (χ2n) is 9.42. The van der Waals surface area contributed by atoms with E-state index < -0.39 is 30.5 Å². The first-order valence-electron chi connectivity index (χ1n) is 11.8. The number of hydrogen-bond acceptors (Lipinski definition) is 8. The summed E-state index contributed by atoms with van der Waals surface area (Å²) in [6, 6.07) is 3.70. The number of ether oxygens (including phenoxy) is 2. The van der Waals surface area contributed by atoms with Crippen molar-refractivity contribution in [2.75, 3.05) is 38.7 Å². The third kappa shape index (κ3) is 4.13. The van der Waals surface area contributed by atoms with Gasteiger partial charge >= 0.3 is 0 Å². The normalized spacial score (nSPS) is 21.0. The standard InChI is InChI=1S/C23H24F4N8O2/c1-12(24)6-34-17-5-13(3-4-16(17)30-32-34)19-15(25)7-35-20(19)21(36-2)29-22(31-35)28-18-8-33(11-23(18,26)27)14-9-37-10-14/h3-5,7,12,14,18H,6,8-11H2,1-2H3,(H,28,31)/t12-,18-/m1/s1. The average molecular weight is 520 g/mol. The molecule has 0 aliphatic carbocycles. The third-order valence-corrected chi connectivity index (χ3v) is 6.75. The van der Waals surface area contributed by atoms with Crippen LogP contribution in [-0.2, 0) is 11.3 Å². The van der Waals surface area contributed by atoms with Crippen LogP contribution in [0.3, 0.4) is 0 Å². The van der Waals surface area contributed by atoms with Crippen LogP contribution in [0, 0.1) is 5.82 Å². The van der Waals surface area contributed by atoms with Crippen molar-refractivity contribution in [3.05, 3.63) is 30.2 Å². The number of aromatic nitrogens is 6. The molecule has 5 heterocycles. The summed E-state index contributed by atoms with van der Waals surface area (Å²) in [7, 11) is 1.36. The number of nitrogens with zero attached hydrogens (tertiary/aromatic N) is 7. The van der Waals surface area contributed by atoms with E-state index in [2.05, 4.69) is 25.7 Å². The molecular weight excluding hydrogens is 496 g/mol. The zero-order valence-corrected chi connectivity index (χ0v) is 20.0. The van der Waals surface area contributed by atoms with Gasteiger partial charge in [-0.1, -0.05) is 11.3 Å². The highest BCUT2D eigenvalue weighted by molar-refractivity contribution is 5.89. The molecule has 196 valence electrons. The Bertz CT molecular complexity index is 1470. The van der Waals surface area contributed by atoms with Crippen LogP contribution in [0.5, 0.6) is 5.88 Å². The number of nitrogens with one attached hydrogen (secondary N) is 1. The van der Waals surface area contributed by atoms with Crippen LogP contribution in [0.25, 0.3) is 27.7 Å². The first kappa shape index (κ1) is 23.9. The molecular formula is C23H24F4N8O2. The molecule has 0 bridgehead atoms. The Labute approximate surface area is 208 Å². The van der Waals surface area contributed by atoms with E-state index in [4.69, 9.17) is 9.47 Å². The van der Waals surface area contributed by atoms with Gasteiger partial charge in [0.1, 0.15) is 23.2 Å². The summed E-state index contributed by atoms with van der Waals surface area (Å²) in [5, 5.41) is 15.0. The van der Waals surface area contributed by atoms with Crippen molar-refractivity contribution < 1.29 is 27.0 Å². The molecule has 3 aromatic heterocycles. The molecule has 2 atom stereocenters. The SMILES string of the molecule is COc1nc(N[C@@H]2CN(C3COC3)CC2(F)F)nn2cc(F)c(-c3ccc4nnn(C[C@@H](C)F)c4c3)c12. The summed E-state index contributed by atoms with van der Waals surface area (Å²) in [6.07, 6.45) is -0.0183. The lowest BCUT2D eigenvalue weighted by atomic mass is 10.1. The predicted octanol–water partition coefficient (Wildman–Crippen LogP) is 2.78. The predicted molar refractivity (Wildman–Crippen MR) is 125 cm³/mol. The molecule has 10 nitrogen and oxygen atoms in total. The number of fused-ring (bicyclic) bond motifs is 2. The van der Waals surface area contributed by atoms with E-state index in [0.29, 0.717) is 29.8 Å². The van der Waals surface area contributed by atoms with E-state index >= 15 is 4.39 Å². The Hall–Kier alpha value is -3.52. The van der Waals surface area contributed by atoms with E-state index in [0.717, 1.165) is 6.20 Å². The summed E-state index contributed by atoms with van der Waals surface area (Å²) < 4.78 is 71.5. The number of likely N-dealkylation sites (tertiary alicyclic amines) is 1. The molecule has 4 aromatic rings. The van der Waals surface area contributed by atoms with E-state index in [9.17, 15) is 13.2 Å². The molecule has 2 saturated heterocycles. The molecule has 2 aliphatic heterocycles. The van der Waals surface area contributed by atoms with Crippen molar-refractivity contribution in [1.29, 1.82) is 0 Å². The molecule has 0 spiro atoms. The van der Waals surface area contributed by atoms with Gasteiger partial charge in [0.05, 0.1) is 56.7 Å². The number of hydrogen-bond donors (Lipinski definition) is 1. The molecule has 2 aliphatic rings. The molecule has 14 heteroatoms. The molecule has 37 heavy (non-hydrogen) atoms. The average Bonchev–Trinajstić information content (AvgIpc) is 3.44. The van der Waals surface area contributed by atoms with Crippen LogP contribution < -0.4 is 10.1 Å². The van der Waals surface area contributed by atoms with Crippen LogP contribution in [0.4, 0.5) is 23.5 Å². The number of rotatable bonds is 7. The highest BCUT2D eigenvalue weighted by Crippen LogP contribution is 2.36. The van der Waals surface area contributed by atoms with Crippen molar-refractivity contribution in [2.24, 2.45) is 0 Å². The smallest absolute Gasteiger partial charge is 0.281 e. The van der Waals surface area contributed by atoms with Gasteiger partial charge < -0.3 is 14.8 Å². The van der Waals surface area contributed by atoms with Crippen LogP contribution in [0.1, 0.15) is 6.92 Å². The number of methoxy groups -OCH3 is 1. The molecule has 0 saturated carbocycles. The van der Waals surface area contributed by atoms with Crippen molar-refractivity contribution in [3.8, 4) is 17.0 Å². The second kappa shape index (κ2) is 8.80. The van der Waals surface area contributed by atoms with Crippen LogP contribution in [0.15, 0.2) is 24.4 Å². The summed E-state index contributed by atoms with van der Waals surface area (Å²) in [5.74, 6) is -3.75. The van der Waals surface area contributed by atoms with Gasteiger partial charge in [-0.15, -0.1) is 10.2 Å². The molecule has 0 unspecified atom stereocenters. The Kier molecular flexibility index (Phi) is 5.67. The van der Waals surface area contributed by atoms with Gasteiger partial charge in [0.15, 0.2) is 5.82 Å². The van der Waals surface area contributed by atoms with Gasteiger partial charge in [-0.25, -0.2) is 26.8 Å². The maximum absolute atomic E-state index is 15.3. The molecule has 2 fully saturated rings. The lowest BCUT2D eigenvalue weighted by molar-refractivity contribution is -0.0711. The number of benzene rings is 1. The van der Waals surface area contributed by atoms with Crippen LogP contribution >= 0.6 is 0 Å². The molecule has 6 rings (SSSR count). The van der Waals surface area contributed by atoms with Crippen molar-refractivity contribution >= 4 is 22.5 Å². The number of halogens is 4.